The van der Waals surface area contributed by atoms with Crippen LogP contribution in [0.2, 0.25) is 0 Å². The summed E-state index contributed by atoms with van der Waals surface area (Å²) in [5.41, 5.74) is 0.985. The van der Waals surface area contributed by atoms with Crippen molar-refractivity contribution in [2.75, 3.05) is 26.3 Å². The number of hydrogen-bond acceptors (Lipinski definition) is 5. The van der Waals surface area contributed by atoms with Crippen molar-refractivity contribution >= 4 is 6.09 Å². The predicted octanol–water partition coefficient (Wildman–Crippen LogP) is 3.58. The first-order chi connectivity index (χ1) is 12.7. The molecular formula is C21H42N2O4. The highest BCUT2D eigenvalue weighted by atomic mass is 16.5. The Bertz CT molecular complexity index is 424. The molecule has 4 N–H and O–H groups in total. The van der Waals surface area contributed by atoms with Gasteiger partial charge in [-0.1, -0.05) is 33.3 Å². The third-order valence-electron chi connectivity index (χ3n) is 4.75. The van der Waals surface area contributed by atoms with E-state index in [-0.39, 0.29) is 18.1 Å². The van der Waals surface area contributed by atoms with Gasteiger partial charge in [0.1, 0.15) is 6.23 Å². The van der Waals surface area contributed by atoms with Gasteiger partial charge in [0.2, 0.25) is 0 Å². The molecule has 0 saturated carbocycles. The SMILES string of the molecule is CC=C(C)C(O)NCC(C)(C)CC(C)CCNC(=O)OCCCCCCO. The summed E-state index contributed by atoms with van der Waals surface area (Å²) in [6.07, 6.45) is 6.44. The maximum absolute atomic E-state index is 11.7. The molecule has 2 unspecified atom stereocenters. The Balaban J connectivity index is 3.87. The van der Waals surface area contributed by atoms with Crippen molar-refractivity contribution in [2.45, 2.75) is 79.4 Å². The maximum Gasteiger partial charge on any atom is 0.407 e. The van der Waals surface area contributed by atoms with E-state index >= 15 is 0 Å². The molecule has 0 fully saturated rings. The summed E-state index contributed by atoms with van der Waals surface area (Å²) in [6.45, 7) is 12.4. The number of aliphatic hydroxyl groups is 2. The molecule has 0 aliphatic carbocycles. The molecular weight excluding hydrogens is 344 g/mol. The molecule has 0 spiro atoms. The number of rotatable bonds is 15. The molecule has 2 atom stereocenters. The molecule has 0 aromatic carbocycles. The number of nitrogens with one attached hydrogen (secondary N) is 2. The quantitative estimate of drug-likeness (QED) is 0.196. The Hall–Kier alpha value is -1.11. The fraction of sp³-hybridized carbons (Fsp3) is 0.857. The fourth-order valence-electron chi connectivity index (χ4n) is 3.01. The van der Waals surface area contributed by atoms with E-state index in [0.29, 0.717) is 19.1 Å². The zero-order chi connectivity index (χ0) is 20.7. The third kappa shape index (κ3) is 14.6. The molecule has 0 heterocycles. The lowest BCUT2D eigenvalue weighted by molar-refractivity contribution is 0.139. The van der Waals surface area contributed by atoms with Crippen LogP contribution in [-0.4, -0.2) is 48.8 Å². The van der Waals surface area contributed by atoms with Gasteiger partial charge in [-0.15, -0.1) is 0 Å². The first-order valence-electron chi connectivity index (χ1n) is 10.3. The Morgan fingerprint density at radius 2 is 1.89 bits per heavy atom. The van der Waals surface area contributed by atoms with Crippen LogP contribution >= 0.6 is 0 Å². The summed E-state index contributed by atoms with van der Waals surface area (Å²) in [5, 5.41) is 24.7. The maximum atomic E-state index is 11.7. The van der Waals surface area contributed by atoms with Gasteiger partial charge in [0, 0.05) is 19.7 Å². The van der Waals surface area contributed by atoms with Crippen molar-refractivity contribution in [3.8, 4) is 0 Å². The smallest absolute Gasteiger partial charge is 0.407 e. The normalized spacial score (nSPS) is 14.7. The molecule has 0 aromatic heterocycles. The first-order valence-corrected chi connectivity index (χ1v) is 10.3. The zero-order valence-corrected chi connectivity index (χ0v) is 18.0. The van der Waals surface area contributed by atoms with Crippen LogP contribution < -0.4 is 10.6 Å². The van der Waals surface area contributed by atoms with Gasteiger partial charge < -0.3 is 20.3 Å². The topological polar surface area (TPSA) is 90.8 Å². The summed E-state index contributed by atoms with van der Waals surface area (Å²) in [5.74, 6) is 0.459. The number of unbranched alkanes of at least 4 members (excludes halogenated alkanes) is 3. The second-order valence-corrected chi connectivity index (χ2v) is 8.28. The van der Waals surface area contributed by atoms with Crippen molar-refractivity contribution < 1.29 is 19.7 Å². The van der Waals surface area contributed by atoms with E-state index in [4.69, 9.17) is 9.84 Å². The monoisotopic (exact) mass is 386 g/mol. The van der Waals surface area contributed by atoms with E-state index in [2.05, 4.69) is 31.4 Å². The standard InChI is InChI=1S/C21H42N2O4/c1-6-18(3)19(25)23-16-21(4,5)15-17(2)11-12-22-20(26)27-14-10-8-7-9-13-24/h6,17,19,23-25H,7-16H2,1-5H3,(H,22,26). The molecule has 0 rings (SSSR count). The fourth-order valence-corrected chi connectivity index (χ4v) is 3.01. The van der Waals surface area contributed by atoms with Crippen molar-refractivity contribution in [1.82, 2.24) is 10.6 Å². The number of alkyl carbamates (subject to hydrolysis) is 1. The van der Waals surface area contributed by atoms with Gasteiger partial charge >= 0.3 is 6.09 Å². The van der Waals surface area contributed by atoms with Crippen LogP contribution in [0.5, 0.6) is 0 Å². The predicted molar refractivity (Wildman–Crippen MR) is 111 cm³/mol. The lowest BCUT2D eigenvalue weighted by Gasteiger charge is -2.30. The van der Waals surface area contributed by atoms with Crippen molar-refractivity contribution in [2.24, 2.45) is 11.3 Å². The molecule has 6 heteroatoms. The van der Waals surface area contributed by atoms with E-state index in [0.717, 1.165) is 50.6 Å². The Morgan fingerprint density at radius 1 is 1.22 bits per heavy atom. The van der Waals surface area contributed by atoms with Crippen molar-refractivity contribution in [1.29, 1.82) is 0 Å². The second kappa shape index (κ2) is 14.9. The van der Waals surface area contributed by atoms with Crippen LogP contribution in [0.4, 0.5) is 4.79 Å². The van der Waals surface area contributed by atoms with Gasteiger partial charge in [0.05, 0.1) is 6.61 Å². The molecule has 0 aliphatic heterocycles. The molecule has 0 radical (unpaired) electrons. The lowest BCUT2D eigenvalue weighted by atomic mass is 9.82. The Kier molecular flexibility index (Phi) is 14.3. The van der Waals surface area contributed by atoms with Crippen molar-refractivity contribution in [3.63, 3.8) is 0 Å². The molecule has 27 heavy (non-hydrogen) atoms. The Morgan fingerprint density at radius 3 is 2.52 bits per heavy atom. The lowest BCUT2D eigenvalue weighted by Crippen LogP contribution is -2.38. The van der Waals surface area contributed by atoms with Crippen LogP contribution in [0.15, 0.2) is 11.6 Å². The van der Waals surface area contributed by atoms with Gasteiger partial charge in [-0.3, -0.25) is 5.32 Å². The molecule has 0 bridgehead atoms. The van der Waals surface area contributed by atoms with Gasteiger partial charge in [-0.05, 0) is 62.9 Å². The highest BCUT2D eigenvalue weighted by Gasteiger charge is 2.22. The average molecular weight is 387 g/mol. The highest BCUT2D eigenvalue weighted by molar-refractivity contribution is 5.66. The molecule has 0 aromatic rings. The van der Waals surface area contributed by atoms with Gasteiger partial charge in [-0.25, -0.2) is 4.79 Å². The van der Waals surface area contributed by atoms with Crippen LogP contribution in [0.3, 0.4) is 0 Å². The number of carbonyl (C=O) groups is 1. The second-order valence-electron chi connectivity index (χ2n) is 8.28. The van der Waals surface area contributed by atoms with E-state index in [1.807, 2.05) is 19.9 Å². The van der Waals surface area contributed by atoms with Crippen LogP contribution in [0.1, 0.15) is 73.1 Å². The third-order valence-corrected chi connectivity index (χ3v) is 4.75. The number of allylic oxidation sites excluding steroid dienone is 1. The van der Waals surface area contributed by atoms with E-state index < -0.39 is 6.23 Å². The minimum Gasteiger partial charge on any atom is -0.450 e. The first kappa shape index (κ1) is 25.9. The van der Waals surface area contributed by atoms with E-state index in [1.165, 1.54) is 0 Å². The van der Waals surface area contributed by atoms with Gasteiger partial charge in [0.25, 0.3) is 0 Å². The van der Waals surface area contributed by atoms with Crippen LogP contribution in [0, 0.1) is 11.3 Å². The minimum absolute atomic E-state index is 0.0590. The average Bonchev–Trinajstić information content (AvgIpc) is 2.61. The molecule has 0 saturated heterocycles. The number of carbonyl (C=O) groups excluding carboxylic acids is 1. The molecule has 1 amide bonds. The van der Waals surface area contributed by atoms with Gasteiger partial charge in [-0.2, -0.15) is 0 Å². The largest absolute Gasteiger partial charge is 0.450 e. The Labute approximate surface area is 165 Å². The molecule has 160 valence electrons. The van der Waals surface area contributed by atoms with E-state index in [9.17, 15) is 9.90 Å². The number of amides is 1. The van der Waals surface area contributed by atoms with Crippen molar-refractivity contribution in [3.05, 3.63) is 11.6 Å². The zero-order valence-electron chi connectivity index (χ0n) is 18.0. The van der Waals surface area contributed by atoms with Crippen LogP contribution in [0.25, 0.3) is 0 Å². The van der Waals surface area contributed by atoms with Crippen LogP contribution in [-0.2, 0) is 4.74 Å². The number of hydrogen-bond donors (Lipinski definition) is 4. The summed E-state index contributed by atoms with van der Waals surface area (Å²) in [6, 6.07) is 0. The highest BCUT2D eigenvalue weighted by Crippen LogP contribution is 2.26. The summed E-state index contributed by atoms with van der Waals surface area (Å²) in [7, 11) is 0. The minimum atomic E-state index is -0.593. The van der Waals surface area contributed by atoms with E-state index in [1.54, 1.807) is 0 Å². The van der Waals surface area contributed by atoms with Gasteiger partial charge in [0.15, 0.2) is 0 Å². The summed E-state index contributed by atoms with van der Waals surface area (Å²) in [4.78, 5) is 11.7. The molecule has 6 nitrogen and oxygen atoms in total. The summed E-state index contributed by atoms with van der Waals surface area (Å²) >= 11 is 0. The number of ether oxygens (including phenoxy) is 1. The number of aliphatic hydroxyl groups excluding tert-OH is 2. The summed E-state index contributed by atoms with van der Waals surface area (Å²) < 4.78 is 5.15. The molecule has 0 aliphatic rings.